The Morgan fingerprint density at radius 3 is 2.86 bits per heavy atom. The van der Waals surface area contributed by atoms with Gasteiger partial charge in [0.05, 0.1) is 5.02 Å². The van der Waals surface area contributed by atoms with Crippen molar-refractivity contribution in [3.63, 3.8) is 0 Å². The second kappa shape index (κ2) is 6.05. The van der Waals surface area contributed by atoms with Gasteiger partial charge in [-0.2, -0.15) is 0 Å². The first-order valence-corrected chi connectivity index (χ1v) is 10.7. The number of amides is 1. The molecule has 4 nitrogen and oxygen atoms in total. The van der Waals surface area contributed by atoms with Crippen LogP contribution in [0, 0.1) is 6.92 Å². The number of hydrogen-bond acceptors (Lipinski definition) is 2. The van der Waals surface area contributed by atoms with E-state index in [-0.39, 0.29) is 14.7 Å². The van der Waals surface area contributed by atoms with Gasteiger partial charge in [-0.1, -0.05) is 31.1 Å². The third-order valence-electron chi connectivity index (χ3n) is 4.51. The van der Waals surface area contributed by atoms with Gasteiger partial charge in [0.1, 0.15) is 11.3 Å². The summed E-state index contributed by atoms with van der Waals surface area (Å²) in [6.45, 7) is 6.60. The molecule has 1 amide bonds. The van der Waals surface area contributed by atoms with E-state index in [1.165, 1.54) is 6.42 Å². The van der Waals surface area contributed by atoms with Crippen LogP contribution in [0.25, 0.3) is 11.0 Å². The lowest BCUT2D eigenvalue weighted by Crippen LogP contribution is -2.33. The molecular weight excluding hydrogens is 314 g/mol. The van der Waals surface area contributed by atoms with E-state index < -0.39 is 0 Å². The van der Waals surface area contributed by atoms with Crippen LogP contribution in [0.2, 0.25) is 23.7 Å². The van der Waals surface area contributed by atoms with Crippen LogP contribution in [0.15, 0.2) is 12.1 Å². The molecule has 2 unspecified atom stereocenters. The number of aromatic nitrogens is 2. The largest absolute Gasteiger partial charge is 0.348 e. The van der Waals surface area contributed by atoms with Crippen molar-refractivity contribution in [1.82, 2.24) is 15.3 Å². The van der Waals surface area contributed by atoms with E-state index in [4.69, 9.17) is 11.6 Å². The Bertz CT molecular complexity index is 713. The lowest BCUT2D eigenvalue weighted by molar-refractivity contribution is 0.0933. The number of nitrogens with zero attached hydrogens (tertiary/aromatic N) is 1. The number of H-pyrrole nitrogens is 1. The van der Waals surface area contributed by atoms with Gasteiger partial charge in [0.25, 0.3) is 5.91 Å². The van der Waals surface area contributed by atoms with Crippen molar-refractivity contribution in [2.75, 3.05) is 0 Å². The number of hydrogen-bond donors (Lipinski definition) is 2. The average Bonchev–Trinajstić information content (AvgIpc) is 3.05. The molecule has 0 spiro atoms. The molecule has 0 saturated heterocycles. The van der Waals surface area contributed by atoms with Gasteiger partial charge < -0.3 is 10.3 Å². The summed E-state index contributed by atoms with van der Waals surface area (Å²) in [5, 5.41) is 4.58. The number of halogens is 1. The summed E-state index contributed by atoms with van der Waals surface area (Å²) in [4.78, 5) is 19.9. The summed E-state index contributed by atoms with van der Waals surface area (Å²) in [5.41, 5.74) is 2.87. The average molecular weight is 335 g/mol. The normalized spacial score (nSPS) is 21.7. The summed E-state index contributed by atoms with van der Waals surface area (Å²) in [5.74, 6) is -0.0571. The molecule has 2 aromatic heterocycles. The zero-order valence-electron chi connectivity index (χ0n) is 13.2. The first kappa shape index (κ1) is 15.6. The van der Waals surface area contributed by atoms with Crippen LogP contribution in [0.1, 0.15) is 35.4 Å². The standard InChI is InChI=1S/C16H21ClN3OSi/c1-9-6-13(17)12-8-14(20-15(12)18-9)16(21)19-10-4-5-11(7-10)22(2)3/h6,8,10-11H,4-5,7H2,1-3H3,(H,18,20)(H,19,21). The molecule has 0 aliphatic heterocycles. The first-order chi connectivity index (χ1) is 10.4. The van der Waals surface area contributed by atoms with Gasteiger partial charge in [-0.25, -0.2) is 4.98 Å². The minimum Gasteiger partial charge on any atom is -0.348 e. The van der Waals surface area contributed by atoms with E-state index in [2.05, 4.69) is 28.4 Å². The predicted octanol–water partition coefficient (Wildman–Crippen LogP) is 3.93. The molecule has 0 bridgehead atoms. The van der Waals surface area contributed by atoms with Gasteiger partial charge in [0, 0.05) is 25.9 Å². The fraction of sp³-hybridized carbons (Fsp3) is 0.500. The third kappa shape index (κ3) is 3.06. The lowest BCUT2D eigenvalue weighted by Gasteiger charge is -2.14. The third-order valence-corrected chi connectivity index (χ3v) is 6.98. The van der Waals surface area contributed by atoms with Crippen LogP contribution in [-0.4, -0.2) is 30.7 Å². The maximum Gasteiger partial charge on any atom is 0.267 e. The number of carbonyl (C=O) groups excluding carboxylic acids is 1. The highest BCUT2D eigenvalue weighted by atomic mass is 35.5. The maximum absolute atomic E-state index is 12.4. The Morgan fingerprint density at radius 2 is 2.18 bits per heavy atom. The molecule has 1 fully saturated rings. The van der Waals surface area contributed by atoms with Crippen molar-refractivity contribution in [1.29, 1.82) is 0 Å². The van der Waals surface area contributed by atoms with Gasteiger partial charge in [0.15, 0.2) is 0 Å². The number of aromatic amines is 1. The zero-order chi connectivity index (χ0) is 15.9. The van der Waals surface area contributed by atoms with Gasteiger partial charge >= 0.3 is 0 Å². The monoisotopic (exact) mass is 334 g/mol. The topological polar surface area (TPSA) is 57.8 Å². The van der Waals surface area contributed by atoms with E-state index >= 15 is 0 Å². The minimum absolute atomic E-state index is 0.0571. The molecule has 22 heavy (non-hydrogen) atoms. The molecular formula is C16H21ClN3OSi. The number of pyridine rings is 1. The highest BCUT2D eigenvalue weighted by Crippen LogP contribution is 2.33. The van der Waals surface area contributed by atoms with Crippen molar-refractivity contribution in [3.8, 4) is 0 Å². The van der Waals surface area contributed by atoms with Crippen molar-refractivity contribution < 1.29 is 4.79 Å². The lowest BCUT2D eigenvalue weighted by atomic mass is 10.2. The predicted molar refractivity (Wildman–Crippen MR) is 92.2 cm³/mol. The maximum atomic E-state index is 12.4. The first-order valence-electron chi connectivity index (χ1n) is 7.71. The van der Waals surface area contributed by atoms with Crippen molar-refractivity contribution in [2.24, 2.45) is 0 Å². The van der Waals surface area contributed by atoms with Crippen LogP contribution >= 0.6 is 11.6 Å². The summed E-state index contributed by atoms with van der Waals surface area (Å²) in [7, 11) is -0.261. The molecule has 6 heteroatoms. The molecule has 2 aromatic rings. The second-order valence-corrected chi connectivity index (χ2v) is 9.83. The van der Waals surface area contributed by atoms with Crippen LogP contribution < -0.4 is 5.32 Å². The number of carbonyl (C=O) groups is 1. The highest BCUT2D eigenvalue weighted by Gasteiger charge is 2.28. The van der Waals surface area contributed by atoms with Crippen LogP contribution in [0.3, 0.4) is 0 Å². The van der Waals surface area contributed by atoms with E-state index in [1.54, 1.807) is 6.07 Å². The Balaban J connectivity index is 1.74. The Labute approximate surface area is 137 Å². The SMILES string of the molecule is Cc1cc(Cl)c2cc(C(=O)NC3CCC([Si](C)C)C3)[nH]c2n1. The Morgan fingerprint density at radius 1 is 1.41 bits per heavy atom. The van der Waals surface area contributed by atoms with Crippen LogP contribution in [0.5, 0.6) is 0 Å². The van der Waals surface area contributed by atoms with Gasteiger partial charge in [0.2, 0.25) is 0 Å². The zero-order valence-corrected chi connectivity index (χ0v) is 14.9. The smallest absolute Gasteiger partial charge is 0.267 e. The fourth-order valence-electron chi connectivity index (χ4n) is 3.21. The van der Waals surface area contributed by atoms with Crippen molar-refractivity contribution in [2.45, 2.75) is 50.9 Å². The van der Waals surface area contributed by atoms with Gasteiger partial charge in [-0.3, -0.25) is 4.79 Å². The molecule has 1 aliphatic rings. The minimum atomic E-state index is -0.261. The van der Waals surface area contributed by atoms with Gasteiger partial charge in [-0.15, -0.1) is 0 Å². The molecule has 2 heterocycles. The molecule has 2 N–H and O–H groups in total. The summed E-state index contributed by atoms with van der Waals surface area (Å²) >= 11 is 6.22. The molecule has 3 rings (SSSR count). The van der Waals surface area contributed by atoms with E-state index in [9.17, 15) is 4.79 Å². The van der Waals surface area contributed by atoms with Crippen LogP contribution in [-0.2, 0) is 0 Å². The Hall–Kier alpha value is -1.33. The van der Waals surface area contributed by atoms with Gasteiger partial charge in [-0.05, 0) is 37.4 Å². The highest BCUT2D eigenvalue weighted by molar-refractivity contribution is 6.57. The molecule has 117 valence electrons. The fourth-order valence-corrected chi connectivity index (χ4v) is 5.01. The quantitative estimate of drug-likeness (QED) is 0.835. The molecule has 1 aliphatic carbocycles. The van der Waals surface area contributed by atoms with Crippen molar-refractivity contribution >= 4 is 37.3 Å². The summed E-state index contributed by atoms with van der Waals surface area (Å²) in [6, 6.07) is 3.90. The van der Waals surface area contributed by atoms with E-state index in [0.717, 1.165) is 29.5 Å². The molecule has 2 atom stereocenters. The number of aryl methyl sites for hydroxylation is 1. The number of nitrogens with one attached hydrogen (secondary N) is 2. The molecule has 0 aromatic carbocycles. The molecule has 1 saturated carbocycles. The van der Waals surface area contributed by atoms with Crippen LogP contribution in [0.4, 0.5) is 0 Å². The second-order valence-electron chi connectivity index (χ2n) is 6.45. The number of rotatable bonds is 3. The summed E-state index contributed by atoms with van der Waals surface area (Å²) in [6.07, 6.45) is 3.45. The van der Waals surface area contributed by atoms with E-state index in [1.807, 2.05) is 13.0 Å². The number of fused-ring (bicyclic) bond motifs is 1. The summed E-state index contributed by atoms with van der Waals surface area (Å²) < 4.78 is 0. The Kier molecular flexibility index (Phi) is 4.28. The van der Waals surface area contributed by atoms with E-state index in [0.29, 0.717) is 22.4 Å². The van der Waals surface area contributed by atoms with Crippen molar-refractivity contribution in [3.05, 3.63) is 28.5 Å². The molecule has 1 radical (unpaired) electrons.